The van der Waals surface area contributed by atoms with Crippen LogP contribution in [0.4, 0.5) is 5.69 Å². The second-order valence-electron chi connectivity index (χ2n) is 3.93. The summed E-state index contributed by atoms with van der Waals surface area (Å²) < 4.78 is 0. The molecule has 5 nitrogen and oxygen atoms in total. The Hall–Kier alpha value is -2.17. The summed E-state index contributed by atoms with van der Waals surface area (Å²) in [5.74, 6) is -0.487. The molecule has 0 N–H and O–H groups in total. The van der Waals surface area contributed by atoms with E-state index < -0.39 is 16.9 Å². The monoisotopic (exact) mass is 232 g/mol. The summed E-state index contributed by atoms with van der Waals surface area (Å²) in [4.78, 5) is 23.9. The summed E-state index contributed by atoms with van der Waals surface area (Å²) >= 11 is 0. The van der Waals surface area contributed by atoms with Crippen LogP contribution >= 0.6 is 0 Å². The number of nitro groups is 1. The zero-order valence-corrected chi connectivity index (χ0v) is 9.42. The third kappa shape index (κ3) is 1.60. The molecule has 1 aromatic carbocycles. The molecule has 0 saturated heterocycles. The first-order valence-corrected chi connectivity index (χ1v) is 5.23. The third-order valence-electron chi connectivity index (χ3n) is 2.89. The Balaban J connectivity index is 2.61. The number of amides is 1. The number of rotatable bonds is 3. The molecule has 0 aliphatic carbocycles. The van der Waals surface area contributed by atoms with Gasteiger partial charge >= 0.3 is 11.9 Å². The predicted molar refractivity (Wildman–Crippen MR) is 63.5 cm³/mol. The van der Waals surface area contributed by atoms with E-state index in [1.54, 1.807) is 31.2 Å². The maximum absolute atomic E-state index is 12.0. The molecule has 1 aliphatic heterocycles. The number of anilines is 1. The number of carbonyl (C=O) groups is 1. The summed E-state index contributed by atoms with van der Waals surface area (Å²) in [7, 11) is 0. The molecule has 0 bridgehead atoms. The number of carbonyl (C=O) groups excluding carboxylic acids is 1. The van der Waals surface area contributed by atoms with Gasteiger partial charge < -0.3 is 4.90 Å². The summed E-state index contributed by atoms with van der Waals surface area (Å²) in [6.07, 6.45) is 1.56. The Bertz CT molecular complexity index is 510. The zero-order chi connectivity index (χ0) is 12.6. The van der Waals surface area contributed by atoms with Crippen LogP contribution in [0.1, 0.15) is 17.2 Å². The van der Waals surface area contributed by atoms with Crippen LogP contribution in [0.3, 0.4) is 0 Å². The van der Waals surface area contributed by atoms with E-state index in [1.165, 1.54) is 4.90 Å². The van der Waals surface area contributed by atoms with E-state index in [1.807, 2.05) is 0 Å². The lowest BCUT2D eigenvalue weighted by Gasteiger charge is -2.13. The highest BCUT2D eigenvalue weighted by Gasteiger charge is 2.45. The van der Waals surface area contributed by atoms with E-state index >= 15 is 0 Å². The van der Waals surface area contributed by atoms with Crippen molar-refractivity contribution in [3.8, 4) is 0 Å². The van der Waals surface area contributed by atoms with Gasteiger partial charge in [-0.1, -0.05) is 18.2 Å². The first kappa shape index (κ1) is 11.3. The highest BCUT2D eigenvalue weighted by molar-refractivity contribution is 6.04. The molecule has 0 radical (unpaired) electrons. The number of aryl methyl sites for hydroxylation is 1. The van der Waals surface area contributed by atoms with Gasteiger partial charge in [0.25, 0.3) is 0 Å². The van der Waals surface area contributed by atoms with E-state index in [0.29, 0.717) is 17.8 Å². The Morgan fingerprint density at radius 1 is 1.59 bits per heavy atom. The number of hydrogen-bond acceptors (Lipinski definition) is 3. The van der Waals surface area contributed by atoms with Gasteiger partial charge in [-0.2, -0.15) is 0 Å². The average Bonchev–Trinajstić information content (AvgIpc) is 2.55. The highest BCUT2D eigenvalue weighted by atomic mass is 16.6. The molecule has 1 heterocycles. The molecular weight excluding hydrogens is 220 g/mol. The Kier molecular flexibility index (Phi) is 2.67. The first-order chi connectivity index (χ1) is 8.07. The van der Waals surface area contributed by atoms with Crippen LogP contribution in [-0.4, -0.2) is 17.4 Å². The molecular formula is C12H12N2O3. The second-order valence-corrected chi connectivity index (χ2v) is 3.93. The largest absolute Gasteiger partial charge is 0.317 e. The van der Waals surface area contributed by atoms with Crippen molar-refractivity contribution in [3.05, 3.63) is 52.1 Å². The van der Waals surface area contributed by atoms with Crippen molar-refractivity contribution in [1.82, 2.24) is 0 Å². The van der Waals surface area contributed by atoms with Crippen molar-refractivity contribution in [3.63, 3.8) is 0 Å². The van der Waals surface area contributed by atoms with Gasteiger partial charge in [-0.15, -0.1) is 6.58 Å². The molecule has 1 unspecified atom stereocenters. The van der Waals surface area contributed by atoms with Crippen LogP contribution in [0.25, 0.3) is 0 Å². The SMILES string of the molecule is C=CCN1C(=O)C([N+](=O)[O-])c2c(C)cccc21. The van der Waals surface area contributed by atoms with Crippen LogP contribution < -0.4 is 4.90 Å². The fraction of sp³-hybridized carbons (Fsp3) is 0.250. The standard InChI is InChI=1S/C12H12N2O3/c1-3-7-13-9-6-4-5-8(2)10(9)11(12(13)15)14(16)17/h3-6,11H,1,7H2,2H3. The minimum atomic E-state index is -1.27. The third-order valence-corrected chi connectivity index (χ3v) is 2.89. The maximum atomic E-state index is 12.0. The molecule has 0 saturated carbocycles. The van der Waals surface area contributed by atoms with Gasteiger partial charge in [0.2, 0.25) is 0 Å². The molecule has 1 amide bonds. The molecule has 1 aromatic rings. The summed E-state index contributed by atoms with van der Waals surface area (Å²) in [6.45, 7) is 5.63. The van der Waals surface area contributed by atoms with Crippen molar-refractivity contribution in [2.24, 2.45) is 0 Å². The predicted octanol–water partition coefficient (Wildman–Crippen LogP) is 1.85. The van der Waals surface area contributed by atoms with Crippen LogP contribution in [0.15, 0.2) is 30.9 Å². The van der Waals surface area contributed by atoms with Gasteiger partial charge in [0, 0.05) is 11.5 Å². The number of nitrogens with zero attached hydrogens (tertiary/aromatic N) is 2. The first-order valence-electron chi connectivity index (χ1n) is 5.23. The second kappa shape index (κ2) is 4.01. The fourth-order valence-electron chi connectivity index (χ4n) is 2.16. The minimum absolute atomic E-state index is 0.291. The lowest BCUT2D eigenvalue weighted by atomic mass is 10.0. The van der Waals surface area contributed by atoms with E-state index in [2.05, 4.69) is 6.58 Å². The van der Waals surface area contributed by atoms with Crippen molar-refractivity contribution in [2.75, 3.05) is 11.4 Å². The molecule has 0 aromatic heterocycles. The van der Waals surface area contributed by atoms with Crippen molar-refractivity contribution in [1.29, 1.82) is 0 Å². The van der Waals surface area contributed by atoms with Crippen LogP contribution in [0, 0.1) is 17.0 Å². The van der Waals surface area contributed by atoms with Crippen LogP contribution in [-0.2, 0) is 4.79 Å². The van der Waals surface area contributed by atoms with Crippen molar-refractivity contribution in [2.45, 2.75) is 13.0 Å². The van der Waals surface area contributed by atoms with Gasteiger partial charge in [0.05, 0.1) is 11.3 Å². The van der Waals surface area contributed by atoms with Crippen LogP contribution in [0.5, 0.6) is 0 Å². The molecule has 1 atom stereocenters. The molecule has 1 aliphatic rings. The molecule has 2 rings (SSSR count). The fourth-order valence-corrected chi connectivity index (χ4v) is 2.16. The lowest BCUT2D eigenvalue weighted by Crippen LogP contribution is -2.31. The molecule has 17 heavy (non-hydrogen) atoms. The number of benzene rings is 1. The van der Waals surface area contributed by atoms with Gasteiger partial charge in [-0.3, -0.25) is 14.9 Å². The van der Waals surface area contributed by atoms with Gasteiger partial charge in [-0.25, -0.2) is 0 Å². The van der Waals surface area contributed by atoms with E-state index in [9.17, 15) is 14.9 Å². The van der Waals surface area contributed by atoms with E-state index in [4.69, 9.17) is 0 Å². The highest BCUT2D eigenvalue weighted by Crippen LogP contribution is 2.39. The quantitative estimate of drug-likeness (QED) is 0.454. The normalized spacial score (nSPS) is 18.1. The Morgan fingerprint density at radius 2 is 2.29 bits per heavy atom. The molecule has 5 heteroatoms. The van der Waals surface area contributed by atoms with E-state index in [-0.39, 0.29) is 0 Å². The topological polar surface area (TPSA) is 63.5 Å². The Labute approximate surface area is 98.5 Å². The maximum Gasteiger partial charge on any atom is 0.317 e. The Morgan fingerprint density at radius 3 is 2.88 bits per heavy atom. The summed E-state index contributed by atoms with van der Waals surface area (Å²) in [5.41, 5.74) is 1.89. The summed E-state index contributed by atoms with van der Waals surface area (Å²) in [5, 5.41) is 11.0. The minimum Gasteiger partial charge on any atom is -0.302 e. The molecule has 0 spiro atoms. The van der Waals surface area contributed by atoms with Gasteiger partial charge in [-0.05, 0) is 18.6 Å². The zero-order valence-electron chi connectivity index (χ0n) is 9.42. The number of fused-ring (bicyclic) bond motifs is 1. The van der Waals surface area contributed by atoms with Crippen molar-refractivity contribution >= 4 is 11.6 Å². The van der Waals surface area contributed by atoms with Crippen LogP contribution in [0.2, 0.25) is 0 Å². The van der Waals surface area contributed by atoms with Crippen molar-refractivity contribution < 1.29 is 9.72 Å². The molecule has 88 valence electrons. The smallest absolute Gasteiger partial charge is 0.302 e. The lowest BCUT2D eigenvalue weighted by molar-refractivity contribution is -0.512. The molecule has 0 fully saturated rings. The summed E-state index contributed by atoms with van der Waals surface area (Å²) in [6, 6.07) is 4.03. The van der Waals surface area contributed by atoms with E-state index in [0.717, 1.165) is 5.56 Å². The van der Waals surface area contributed by atoms with Gasteiger partial charge in [0.15, 0.2) is 0 Å². The van der Waals surface area contributed by atoms with Gasteiger partial charge in [0.1, 0.15) is 0 Å². The number of hydrogen-bond donors (Lipinski definition) is 0. The average molecular weight is 232 g/mol.